The summed E-state index contributed by atoms with van der Waals surface area (Å²) < 4.78 is 15.8. The molecule has 0 saturated carbocycles. The number of hydrogen-bond donors (Lipinski definition) is 2. The van der Waals surface area contributed by atoms with Gasteiger partial charge in [0.15, 0.2) is 0 Å². The zero-order chi connectivity index (χ0) is 18.2. The van der Waals surface area contributed by atoms with Crippen LogP contribution in [0.4, 0.5) is 5.69 Å². The summed E-state index contributed by atoms with van der Waals surface area (Å²) in [5, 5.41) is 5.13. The van der Waals surface area contributed by atoms with Crippen LogP contribution in [0.1, 0.15) is 24.5 Å². The van der Waals surface area contributed by atoms with Crippen LogP contribution in [0, 0.1) is 6.92 Å². The lowest BCUT2D eigenvalue weighted by Gasteiger charge is -2.12. The van der Waals surface area contributed by atoms with Gasteiger partial charge in [-0.05, 0) is 50.2 Å². The van der Waals surface area contributed by atoms with Crippen LogP contribution in [0.5, 0.6) is 5.75 Å². The number of carbonyl (C=O) groups is 2. The highest BCUT2D eigenvalue weighted by atomic mass is 16.5. The summed E-state index contributed by atoms with van der Waals surface area (Å²) in [6.07, 6.45) is 0. The van der Waals surface area contributed by atoms with Gasteiger partial charge in [0.05, 0.1) is 12.6 Å². The van der Waals surface area contributed by atoms with Crippen LogP contribution in [0.25, 0.3) is 0 Å². The second-order valence-corrected chi connectivity index (χ2v) is 5.46. The van der Waals surface area contributed by atoms with Crippen LogP contribution in [0.3, 0.4) is 0 Å². The third kappa shape index (κ3) is 5.65. The molecule has 0 saturated heterocycles. The number of anilines is 1. The van der Waals surface area contributed by atoms with Crippen molar-refractivity contribution in [2.75, 3.05) is 25.6 Å². The van der Waals surface area contributed by atoms with Crippen LogP contribution in [-0.4, -0.2) is 32.1 Å². The van der Waals surface area contributed by atoms with Gasteiger partial charge in [-0.1, -0.05) is 0 Å². The molecule has 1 aromatic heterocycles. The second kappa shape index (κ2) is 8.89. The summed E-state index contributed by atoms with van der Waals surface area (Å²) in [7, 11) is 1.60. The van der Waals surface area contributed by atoms with Crippen molar-refractivity contribution in [1.29, 1.82) is 0 Å². The Morgan fingerprint density at radius 2 is 1.80 bits per heavy atom. The molecule has 1 aromatic carbocycles. The van der Waals surface area contributed by atoms with Gasteiger partial charge in [-0.3, -0.25) is 9.59 Å². The maximum absolute atomic E-state index is 12.0. The number of furan rings is 1. The van der Waals surface area contributed by atoms with E-state index in [1.807, 2.05) is 6.92 Å². The molecule has 0 aliphatic rings. The highest BCUT2D eigenvalue weighted by Crippen LogP contribution is 2.17. The normalized spacial score (nSPS) is 11.6. The smallest absolute Gasteiger partial charge is 0.313 e. The molecule has 0 bridgehead atoms. The first-order valence-electron chi connectivity index (χ1n) is 7.89. The van der Waals surface area contributed by atoms with Gasteiger partial charge < -0.3 is 24.5 Å². The summed E-state index contributed by atoms with van der Waals surface area (Å²) >= 11 is 0. The zero-order valence-corrected chi connectivity index (χ0v) is 14.5. The fourth-order valence-corrected chi connectivity index (χ4v) is 2.08. The fraction of sp³-hybridized carbons (Fsp3) is 0.333. The van der Waals surface area contributed by atoms with Crippen LogP contribution in [-0.2, 0) is 14.3 Å². The molecule has 1 heterocycles. The Bertz CT molecular complexity index is 709. The Kier molecular flexibility index (Phi) is 6.59. The van der Waals surface area contributed by atoms with Crippen molar-refractivity contribution in [3.8, 4) is 5.75 Å². The third-order valence-electron chi connectivity index (χ3n) is 3.41. The predicted octanol–water partition coefficient (Wildman–Crippen LogP) is 2.43. The SMILES string of the molecule is COCCOc1ccc(NC(=O)C(=O)N[C@H](C)c2ccc(C)o2)cc1. The molecule has 2 rings (SSSR count). The molecule has 2 aromatic rings. The second-order valence-electron chi connectivity index (χ2n) is 5.46. The number of nitrogens with one attached hydrogen (secondary N) is 2. The number of amides is 2. The highest BCUT2D eigenvalue weighted by Gasteiger charge is 2.18. The first kappa shape index (κ1) is 18.5. The molecule has 0 aliphatic heterocycles. The van der Waals surface area contributed by atoms with Crippen molar-refractivity contribution in [1.82, 2.24) is 5.32 Å². The molecule has 1 atom stereocenters. The van der Waals surface area contributed by atoms with E-state index in [2.05, 4.69) is 10.6 Å². The third-order valence-corrected chi connectivity index (χ3v) is 3.41. The minimum atomic E-state index is -0.747. The topological polar surface area (TPSA) is 89.8 Å². The van der Waals surface area contributed by atoms with Crippen molar-refractivity contribution < 1.29 is 23.5 Å². The van der Waals surface area contributed by atoms with Crippen molar-refractivity contribution >= 4 is 17.5 Å². The molecule has 0 fully saturated rings. The molecular formula is C18H22N2O5. The molecule has 7 heteroatoms. The molecule has 0 spiro atoms. The van der Waals surface area contributed by atoms with Gasteiger partial charge in [0, 0.05) is 12.8 Å². The van der Waals surface area contributed by atoms with E-state index in [0.29, 0.717) is 30.4 Å². The maximum Gasteiger partial charge on any atom is 0.313 e. The Hall–Kier alpha value is -2.80. The minimum Gasteiger partial charge on any atom is -0.491 e. The van der Waals surface area contributed by atoms with E-state index >= 15 is 0 Å². The van der Waals surface area contributed by atoms with E-state index in [4.69, 9.17) is 13.9 Å². The maximum atomic E-state index is 12.0. The lowest BCUT2D eigenvalue weighted by atomic mass is 10.2. The summed E-state index contributed by atoms with van der Waals surface area (Å²) in [6, 6.07) is 9.90. The van der Waals surface area contributed by atoms with Gasteiger partial charge in [-0.25, -0.2) is 0 Å². The number of methoxy groups -OCH3 is 1. The predicted molar refractivity (Wildman–Crippen MR) is 92.4 cm³/mol. The minimum absolute atomic E-state index is 0.400. The molecule has 2 amide bonds. The Balaban J connectivity index is 1.85. The molecule has 0 radical (unpaired) electrons. The van der Waals surface area contributed by atoms with Gasteiger partial charge in [0.1, 0.15) is 23.9 Å². The molecular weight excluding hydrogens is 324 g/mol. The largest absolute Gasteiger partial charge is 0.491 e. The van der Waals surface area contributed by atoms with Crippen molar-refractivity contribution in [3.63, 3.8) is 0 Å². The van der Waals surface area contributed by atoms with Gasteiger partial charge in [0.2, 0.25) is 0 Å². The van der Waals surface area contributed by atoms with Crippen LogP contribution < -0.4 is 15.4 Å². The molecule has 7 nitrogen and oxygen atoms in total. The number of aryl methyl sites for hydroxylation is 1. The Morgan fingerprint density at radius 3 is 2.40 bits per heavy atom. The molecule has 0 unspecified atom stereocenters. The lowest BCUT2D eigenvalue weighted by Crippen LogP contribution is -2.36. The Labute approximate surface area is 146 Å². The van der Waals surface area contributed by atoms with Gasteiger partial charge in [0.25, 0.3) is 0 Å². The average Bonchev–Trinajstić information content (AvgIpc) is 3.03. The van der Waals surface area contributed by atoms with Crippen LogP contribution in [0.2, 0.25) is 0 Å². The van der Waals surface area contributed by atoms with Gasteiger partial charge in [-0.15, -0.1) is 0 Å². The van der Waals surface area contributed by atoms with Crippen molar-refractivity contribution in [2.45, 2.75) is 19.9 Å². The van der Waals surface area contributed by atoms with E-state index < -0.39 is 17.9 Å². The van der Waals surface area contributed by atoms with Crippen molar-refractivity contribution in [3.05, 3.63) is 47.9 Å². The standard InChI is InChI=1S/C18H22N2O5/c1-12-4-9-16(25-12)13(2)19-17(21)18(22)20-14-5-7-15(8-6-14)24-11-10-23-3/h4-9,13H,10-11H2,1-3H3,(H,19,21)(H,20,22)/t13-/m1/s1. The molecule has 0 aliphatic carbocycles. The van der Waals surface area contributed by atoms with Gasteiger partial charge in [-0.2, -0.15) is 0 Å². The highest BCUT2D eigenvalue weighted by molar-refractivity contribution is 6.39. The monoisotopic (exact) mass is 346 g/mol. The van der Waals surface area contributed by atoms with E-state index in [0.717, 1.165) is 5.76 Å². The first-order chi connectivity index (χ1) is 12.0. The lowest BCUT2D eigenvalue weighted by molar-refractivity contribution is -0.136. The van der Waals surface area contributed by atoms with Crippen LogP contribution >= 0.6 is 0 Å². The summed E-state index contributed by atoms with van der Waals surface area (Å²) in [6.45, 7) is 4.49. The van der Waals surface area contributed by atoms with Crippen molar-refractivity contribution in [2.24, 2.45) is 0 Å². The van der Waals surface area contributed by atoms with E-state index in [1.54, 1.807) is 50.4 Å². The zero-order valence-electron chi connectivity index (χ0n) is 14.5. The first-order valence-corrected chi connectivity index (χ1v) is 7.89. The van der Waals surface area contributed by atoms with E-state index in [1.165, 1.54) is 0 Å². The van der Waals surface area contributed by atoms with E-state index in [9.17, 15) is 9.59 Å². The Morgan fingerprint density at radius 1 is 1.08 bits per heavy atom. The molecule has 2 N–H and O–H groups in total. The summed E-state index contributed by atoms with van der Waals surface area (Å²) in [4.78, 5) is 24.0. The summed E-state index contributed by atoms with van der Waals surface area (Å²) in [5.74, 6) is 0.510. The molecule has 25 heavy (non-hydrogen) atoms. The fourth-order valence-electron chi connectivity index (χ4n) is 2.08. The number of benzene rings is 1. The quantitative estimate of drug-likeness (QED) is 0.594. The van der Waals surface area contributed by atoms with Crippen LogP contribution in [0.15, 0.2) is 40.8 Å². The van der Waals surface area contributed by atoms with Gasteiger partial charge >= 0.3 is 11.8 Å². The number of ether oxygens (including phenoxy) is 2. The number of rotatable bonds is 7. The van der Waals surface area contributed by atoms with E-state index in [-0.39, 0.29) is 0 Å². The summed E-state index contributed by atoms with van der Waals surface area (Å²) in [5.41, 5.74) is 0.501. The molecule has 134 valence electrons. The number of hydrogen-bond acceptors (Lipinski definition) is 5. The number of carbonyl (C=O) groups excluding carboxylic acids is 2. The average molecular weight is 346 g/mol.